The summed E-state index contributed by atoms with van der Waals surface area (Å²) in [4.78, 5) is 5.20. The summed E-state index contributed by atoms with van der Waals surface area (Å²) < 4.78 is 22.9. The molecule has 3 heterocycles. The third-order valence-corrected chi connectivity index (χ3v) is 10.7. The minimum atomic E-state index is -0.368. The summed E-state index contributed by atoms with van der Waals surface area (Å²) in [6.45, 7) is 10.5. The maximum Gasteiger partial charge on any atom is 0.161 e. The number of nitrogens with zero attached hydrogens (tertiary/aromatic N) is 2. The minimum Gasteiger partial charge on any atom is -0.493 e. The van der Waals surface area contributed by atoms with Crippen LogP contribution in [0.3, 0.4) is 0 Å². The van der Waals surface area contributed by atoms with Crippen molar-refractivity contribution in [1.29, 1.82) is 0 Å². The minimum absolute atomic E-state index is 0. The summed E-state index contributed by atoms with van der Waals surface area (Å²) in [6, 6.07) is 9.39. The lowest BCUT2D eigenvalue weighted by atomic mass is 9.77. The van der Waals surface area contributed by atoms with Gasteiger partial charge in [-0.2, -0.15) is 11.8 Å². The van der Waals surface area contributed by atoms with Gasteiger partial charge >= 0.3 is 0 Å². The van der Waals surface area contributed by atoms with Gasteiger partial charge in [-0.05, 0) is 91.1 Å². The number of thioether (sulfide) groups is 1. The summed E-state index contributed by atoms with van der Waals surface area (Å²) in [6.07, 6.45) is 5.00. The lowest BCUT2D eigenvalue weighted by molar-refractivity contribution is 0.0571. The Labute approximate surface area is 281 Å². The number of halogens is 2. The van der Waals surface area contributed by atoms with Gasteiger partial charge in [0.15, 0.2) is 23.0 Å². The lowest BCUT2D eigenvalue weighted by Gasteiger charge is -2.46. The monoisotopic (exact) mass is 670 g/mol. The van der Waals surface area contributed by atoms with Crippen LogP contribution in [0.5, 0.6) is 23.0 Å². The fourth-order valence-corrected chi connectivity index (χ4v) is 7.98. The molecule has 1 saturated heterocycles. The molecule has 0 saturated carbocycles. The fourth-order valence-electron chi connectivity index (χ4n) is 7.18. The SMILES string of the molecule is COc1cc2c(cc1OC)C1CC(CC3c4cc(OC)c(OC)cc4CCN3CC(O)CSC(C)(C)C)CCN1CC2.Cl.Cl. The van der Waals surface area contributed by atoms with Gasteiger partial charge in [-0.15, -0.1) is 24.8 Å². The summed E-state index contributed by atoms with van der Waals surface area (Å²) >= 11 is 1.84. The summed E-state index contributed by atoms with van der Waals surface area (Å²) in [7, 11) is 6.86. The first-order valence-corrected chi connectivity index (χ1v) is 16.4. The molecule has 44 heavy (non-hydrogen) atoms. The normalized spacial score (nSPS) is 22.3. The Hall–Kier alpha value is -1.55. The van der Waals surface area contributed by atoms with Crippen LogP contribution in [0, 0.1) is 5.92 Å². The number of ether oxygens (including phenoxy) is 4. The van der Waals surface area contributed by atoms with E-state index in [1.807, 2.05) is 11.8 Å². The molecule has 4 atom stereocenters. The Balaban J connectivity index is 0.00000264. The van der Waals surface area contributed by atoms with E-state index in [4.69, 9.17) is 18.9 Å². The van der Waals surface area contributed by atoms with Crippen LogP contribution in [-0.2, 0) is 12.8 Å². The second-order valence-corrected chi connectivity index (χ2v) is 14.9. The molecule has 1 fully saturated rings. The highest BCUT2D eigenvalue weighted by Crippen LogP contribution is 2.47. The zero-order chi connectivity index (χ0) is 30.0. The van der Waals surface area contributed by atoms with E-state index in [2.05, 4.69) is 54.8 Å². The van der Waals surface area contributed by atoms with E-state index in [-0.39, 0.29) is 41.7 Å². The maximum absolute atomic E-state index is 11.1. The Kier molecular flexibility index (Phi) is 13.3. The van der Waals surface area contributed by atoms with Gasteiger partial charge in [0.05, 0.1) is 34.5 Å². The molecule has 0 spiro atoms. The number of methoxy groups -OCH3 is 4. The molecule has 0 aromatic heterocycles. The third-order valence-electron chi connectivity index (χ3n) is 9.32. The summed E-state index contributed by atoms with van der Waals surface area (Å²) in [5.74, 6) is 4.52. The number of hydrogen-bond acceptors (Lipinski definition) is 8. The number of aliphatic hydroxyl groups excluding tert-OH is 1. The van der Waals surface area contributed by atoms with Crippen LogP contribution in [0.25, 0.3) is 0 Å². The molecule has 2 aromatic rings. The van der Waals surface area contributed by atoms with Crippen molar-refractivity contribution in [2.75, 3.05) is 60.4 Å². The van der Waals surface area contributed by atoms with E-state index >= 15 is 0 Å². The third kappa shape index (κ3) is 8.23. The van der Waals surface area contributed by atoms with Gasteiger partial charge in [-0.3, -0.25) is 9.80 Å². The molecule has 4 unspecified atom stereocenters. The molecule has 248 valence electrons. The zero-order valence-electron chi connectivity index (χ0n) is 27.4. The predicted molar refractivity (Wildman–Crippen MR) is 185 cm³/mol. The number of fused-ring (bicyclic) bond motifs is 4. The highest BCUT2D eigenvalue weighted by atomic mass is 35.5. The average molecular weight is 672 g/mol. The molecule has 1 N–H and O–H groups in total. The predicted octanol–water partition coefficient (Wildman–Crippen LogP) is 6.76. The molecule has 10 heteroatoms. The Bertz CT molecular complexity index is 1240. The van der Waals surface area contributed by atoms with Gasteiger partial charge in [-0.1, -0.05) is 20.8 Å². The highest BCUT2D eigenvalue weighted by molar-refractivity contribution is 8.00. The van der Waals surface area contributed by atoms with Gasteiger partial charge in [0, 0.05) is 42.2 Å². The quantitative estimate of drug-likeness (QED) is 0.298. The molecule has 0 bridgehead atoms. The number of hydrogen-bond donors (Lipinski definition) is 1. The first-order chi connectivity index (χ1) is 20.1. The molecule has 7 nitrogen and oxygen atoms in total. The van der Waals surface area contributed by atoms with Crippen molar-refractivity contribution >= 4 is 36.6 Å². The second kappa shape index (κ2) is 15.8. The number of rotatable bonds is 10. The van der Waals surface area contributed by atoms with Crippen molar-refractivity contribution in [3.63, 3.8) is 0 Å². The molecule has 0 aliphatic carbocycles. The van der Waals surface area contributed by atoms with Crippen molar-refractivity contribution in [3.05, 3.63) is 46.5 Å². The average Bonchev–Trinajstić information content (AvgIpc) is 2.99. The number of aliphatic hydroxyl groups is 1. The van der Waals surface area contributed by atoms with Crippen LogP contribution in [0.15, 0.2) is 24.3 Å². The van der Waals surface area contributed by atoms with Gasteiger partial charge in [0.1, 0.15) is 0 Å². The number of benzene rings is 2. The molecule has 0 radical (unpaired) electrons. The second-order valence-electron chi connectivity index (χ2n) is 13.1. The summed E-state index contributed by atoms with van der Waals surface area (Å²) in [5.41, 5.74) is 5.44. The molecule has 5 rings (SSSR count). The molecule has 2 aromatic carbocycles. The zero-order valence-corrected chi connectivity index (χ0v) is 29.8. The molecule has 3 aliphatic heterocycles. The van der Waals surface area contributed by atoms with Crippen LogP contribution >= 0.6 is 36.6 Å². The van der Waals surface area contributed by atoms with E-state index in [0.717, 1.165) is 74.1 Å². The Morgan fingerprint density at radius 1 is 0.818 bits per heavy atom. The molecule has 3 aliphatic rings. The van der Waals surface area contributed by atoms with Crippen LogP contribution < -0.4 is 18.9 Å². The highest BCUT2D eigenvalue weighted by Gasteiger charge is 2.38. The number of β-amino-alcohol motifs (C(OH)–C–C–N with tert-alkyl or cyclic N) is 1. The van der Waals surface area contributed by atoms with Crippen molar-refractivity contribution < 1.29 is 24.1 Å². The Morgan fingerprint density at radius 3 is 1.95 bits per heavy atom. The molecular weight excluding hydrogens is 619 g/mol. The van der Waals surface area contributed by atoms with Crippen LogP contribution in [0.2, 0.25) is 0 Å². The van der Waals surface area contributed by atoms with E-state index < -0.39 is 0 Å². The molecular formula is C34H52Cl2N2O5S. The number of piperidine rings is 1. The van der Waals surface area contributed by atoms with Crippen LogP contribution in [-0.4, -0.2) is 86.1 Å². The van der Waals surface area contributed by atoms with Crippen molar-refractivity contribution in [2.24, 2.45) is 5.92 Å². The van der Waals surface area contributed by atoms with Gasteiger partial charge < -0.3 is 24.1 Å². The van der Waals surface area contributed by atoms with Gasteiger partial charge in [-0.25, -0.2) is 0 Å². The first-order valence-electron chi connectivity index (χ1n) is 15.4. The largest absolute Gasteiger partial charge is 0.493 e. The topological polar surface area (TPSA) is 63.6 Å². The van der Waals surface area contributed by atoms with Crippen LogP contribution in [0.1, 0.15) is 74.4 Å². The Morgan fingerprint density at radius 2 is 1.36 bits per heavy atom. The van der Waals surface area contributed by atoms with E-state index in [1.54, 1.807) is 28.4 Å². The molecule has 0 amide bonds. The van der Waals surface area contributed by atoms with Crippen molar-refractivity contribution in [2.45, 2.75) is 75.8 Å². The van der Waals surface area contributed by atoms with Crippen LogP contribution in [0.4, 0.5) is 0 Å². The van der Waals surface area contributed by atoms with Gasteiger partial charge in [0.2, 0.25) is 0 Å². The van der Waals surface area contributed by atoms with Crippen molar-refractivity contribution in [1.82, 2.24) is 9.80 Å². The van der Waals surface area contributed by atoms with E-state index in [1.165, 1.54) is 28.7 Å². The fraction of sp³-hybridized carbons (Fsp3) is 0.647. The van der Waals surface area contributed by atoms with E-state index in [0.29, 0.717) is 18.5 Å². The first kappa shape index (κ1) is 36.9. The van der Waals surface area contributed by atoms with Gasteiger partial charge in [0.25, 0.3) is 0 Å². The maximum atomic E-state index is 11.1. The summed E-state index contributed by atoms with van der Waals surface area (Å²) in [5, 5.41) is 11.1. The van der Waals surface area contributed by atoms with Crippen molar-refractivity contribution in [3.8, 4) is 23.0 Å². The lowest BCUT2D eigenvalue weighted by Crippen LogP contribution is -2.44. The smallest absolute Gasteiger partial charge is 0.161 e. The van der Waals surface area contributed by atoms with E-state index in [9.17, 15) is 5.11 Å². The standard InChI is InChI=1S/C34H50N2O5S.2ClH/c1-34(2,3)42-21-25(37)20-36-13-10-24-17-31(39-5)33(41-7)19-27(24)29(36)15-22-8-11-35-12-9-23-16-30(38-4)32(40-6)18-26(23)28(35)14-22;;/h16-19,22,25,28-29,37H,8-15,20-21H2,1-7H3;2*1H.